The Bertz CT molecular complexity index is 994. The van der Waals surface area contributed by atoms with Crippen molar-refractivity contribution in [3.05, 3.63) is 39.9 Å². The van der Waals surface area contributed by atoms with Gasteiger partial charge in [-0.3, -0.25) is 9.59 Å². The maximum absolute atomic E-state index is 14.6. The highest BCUT2D eigenvalue weighted by Gasteiger charge is 2.28. The van der Waals surface area contributed by atoms with E-state index < -0.39 is 23.2 Å². The number of carboxylic acids is 2. The third-order valence-electron chi connectivity index (χ3n) is 5.03. The summed E-state index contributed by atoms with van der Waals surface area (Å²) in [6.45, 7) is 4.56. The minimum Gasteiger partial charge on any atom is -0.481 e. The molecular weight excluding hydrogens is 381 g/mol. The Morgan fingerprint density at radius 3 is 2.34 bits per heavy atom. The van der Waals surface area contributed by atoms with E-state index in [0.29, 0.717) is 24.3 Å². The van der Waals surface area contributed by atoms with Gasteiger partial charge in [0.05, 0.1) is 11.2 Å². The van der Waals surface area contributed by atoms with E-state index in [1.807, 2.05) is 9.47 Å². The Hall–Kier alpha value is -2.94. The van der Waals surface area contributed by atoms with Gasteiger partial charge in [0.15, 0.2) is 0 Å². The first kappa shape index (κ1) is 20.8. The zero-order chi connectivity index (χ0) is 21.1. The number of fused-ring (bicyclic) bond motifs is 1. The molecular formula is C20H24FN3O5. The molecule has 3 N–H and O–H groups in total. The van der Waals surface area contributed by atoms with Crippen LogP contribution in [0.15, 0.2) is 23.1 Å². The highest BCUT2D eigenvalue weighted by Crippen LogP contribution is 2.38. The molecule has 8 nitrogen and oxygen atoms in total. The summed E-state index contributed by atoms with van der Waals surface area (Å²) in [5, 5.41) is 20.3. The highest BCUT2D eigenvalue weighted by molar-refractivity contribution is 5.93. The number of anilines is 1. The maximum atomic E-state index is 14.6. The van der Waals surface area contributed by atoms with Gasteiger partial charge in [-0.2, -0.15) is 0 Å². The lowest BCUT2D eigenvalue weighted by molar-refractivity contribution is -0.136. The fourth-order valence-electron chi connectivity index (χ4n) is 3.31. The zero-order valence-electron chi connectivity index (χ0n) is 16.2. The van der Waals surface area contributed by atoms with E-state index in [1.54, 1.807) is 13.0 Å². The predicted molar refractivity (Wildman–Crippen MR) is 106 cm³/mol. The van der Waals surface area contributed by atoms with Crippen LogP contribution in [0.3, 0.4) is 0 Å². The van der Waals surface area contributed by atoms with Crippen molar-refractivity contribution < 1.29 is 24.2 Å². The zero-order valence-corrected chi connectivity index (χ0v) is 16.2. The van der Waals surface area contributed by atoms with E-state index in [-0.39, 0.29) is 23.4 Å². The van der Waals surface area contributed by atoms with Crippen LogP contribution < -0.4 is 15.6 Å². The number of hydrogen-bond donors (Lipinski definition) is 3. The van der Waals surface area contributed by atoms with Crippen LogP contribution in [-0.4, -0.2) is 52.9 Å². The standard InChI is InChI=1S/C17H18FN3O3.C3H6O2/c18-13-7-11-14(8-15(13)20-5-3-19-4-6-20)21(10-1-2-10)9-12(16(11)22)17(23)24;1-2-3(4)5/h7-10,19H,1-6H2,(H,23,24);2H2,1H3,(H,4,5). The van der Waals surface area contributed by atoms with Crippen molar-refractivity contribution in [2.24, 2.45) is 0 Å². The molecule has 2 aliphatic rings. The quantitative estimate of drug-likeness (QED) is 0.714. The molecule has 1 aromatic carbocycles. The summed E-state index contributed by atoms with van der Waals surface area (Å²) in [6.07, 6.45) is 3.51. The molecule has 0 amide bonds. The second kappa shape index (κ2) is 8.60. The van der Waals surface area contributed by atoms with E-state index in [9.17, 15) is 23.9 Å². The Balaban J connectivity index is 0.000000431. The number of nitrogens with zero attached hydrogens (tertiary/aromatic N) is 2. The first-order valence-electron chi connectivity index (χ1n) is 9.62. The minimum atomic E-state index is -1.28. The number of aliphatic carboxylic acids is 1. The normalized spacial score (nSPS) is 16.3. The van der Waals surface area contributed by atoms with Crippen molar-refractivity contribution in [3.8, 4) is 0 Å². The smallest absolute Gasteiger partial charge is 0.341 e. The summed E-state index contributed by atoms with van der Waals surface area (Å²) in [4.78, 5) is 35.1. The Kier molecular flexibility index (Phi) is 6.17. The van der Waals surface area contributed by atoms with Crippen LogP contribution in [0.2, 0.25) is 0 Å². The van der Waals surface area contributed by atoms with Crippen LogP contribution in [0.1, 0.15) is 42.6 Å². The molecule has 0 spiro atoms. The van der Waals surface area contributed by atoms with Crippen LogP contribution in [0.4, 0.5) is 10.1 Å². The Labute approximate surface area is 166 Å². The molecule has 2 fully saturated rings. The topological polar surface area (TPSA) is 112 Å². The first-order chi connectivity index (χ1) is 13.8. The van der Waals surface area contributed by atoms with Crippen molar-refractivity contribution in [2.75, 3.05) is 31.1 Å². The van der Waals surface area contributed by atoms with Gasteiger partial charge in [-0.25, -0.2) is 9.18 Å². The monoisotopic (exact) mass is 405 g/mol. The lowest BCUT2D eigenvalue weighted by atomic mass is 10.1. The number of pyridine rings is 1. The number of nitrogens with one attached hydrogen (secondary N) is 1. The van der Waals surface area contributed by atoms with Crippen molar-refractivity contribution in [1.82, 2.24) is 9.88 Å². The van der Waals surface area contributed by atoms with Crippen molar-refractivity contribution >= 4 is 28.5 Å². The average molecular weight is 405 g/mol. The SMILES string of the molecule is CCC(=O)O.O=C(O)c1cn(C2CC2)c2cc(N3CCNCC3)c(F)cc2c1=O. The van der Waals surface area contributed by atoms with Gasteiger partial charge in [-0.15, -0.1) is 0 Å². The molecule has 0 bridgehead atoms. The number of aromatic carboxylic acids is 1. The predicted octanol–water partition coefficient (Wildman–Crippen LogP) is 2.06. The molecule has 156 valence electrons. The van der Waals surface area contributed by atoms with Gasteiger partial charge >= 0.3 is 11.9 Å². The summed E-state index contributed by atoms with van der Waals surface area (Å²) >= 11 is 0. The molecule has 1 aliphatic carbocycles. The number of piperazine rings is 1. The number of rotatable bonds is 4. The van der Waals surface area contributed by atoms with Gasteiger partial charge in [-0.05, 0) is 25.0 Å². The third kappa shape index (κ3) is 4.56. The summed E-state index contributed by atoms with van der Waals surface area (Å²) < 4.78 is 16.4. The molecule has 1 saturated heterocycles. The highest BCUT2D eigenvalue weighted by atomic mass is 19.1. The lowest BCUT2D eigenvalue weighted by Gasteiger charge is -2.30. The van der Waals surface area contributed by atoms with Crippen LogP contribution in [-0.2, 0) is 4.79 Å². The van der Waals surface area contributed by atoms with Gasteiger partial charge in [0.2, 0.25) is 5.43 Å². The number of carboxylic acid groups (broad SMARTS) is 2. The molecule has 2 aromatic rings. The number of carbonyl (C=O) groups is 2. The molecule has 0 radical (unpaired) electrons. The number of halogens is 1. The minimum absolute atomic E-state index is 0.137. The van der Waals surface area contributed by atoms with Gasteiger partial charge in [0.1, 0.15) is 11.4 Å². The van der Waals surface area contributed by atoms with Crippen LogP contribution in [0.5, 0.6) is 0 Å². The largest absolute Gasteiger partial charge is 0.481 e. The van der Waals surface area contributed by atoms with Crippen LogP contribution in [0, 0.1) is 5.82 Å². The van der Waals surface area contributed by atoms with Gasteiger partial charge < -0.3 is 25.0 Å². The third-order valence-corrected chi connectivity index (χ3v) is 5.03. The number of benzene rings is 1. The Morgan fingerprint density at radius 1 is 1.21 bits per heavy atom. The fourth-order valence-corrected chi connectivity index (χ4v) is 3.31. The van der Waals surface area contributed by atoms with Crippen molar-refractivity contribution in [3.63, 3.8) is 0 Å². The molecule has 29 heavy (non-hydrogen) atoms. The average Bonchev–Trinajstić information content (AvgIpc) is 3.54. The molecule has 0 atom stereocenters. The molecule has 0 unspecified atom stereocenters. The molecule has 1 aromatic heterocycles. The molecule has 2 heterocycles. The van der Waals surface area contributed by atoms with Crippen molar-refractivity contribution in [1.29, 1.82) is 0 Å². The second-order valence-electron chi connectivity index (χ2n) is 7.12. The van der Waals surface area contributed by atoms with E-state index in [1.165, 1.54) is 12.3 Å². The maximum Gasteiger partial charge on any atom is 0.341 e. The van der Waals surface area contributed by atoms with Gasteiger partial charge in [0, 0.05) is 50.2 Å². The number of hydrogen-bond acceptors (Lipinski definition) is 5. The molecule has 4 rings (SSSR count). The van der Waals surface area contributed by atoms with Crippen LogP contribution in [0.25, 0.3) is 10.9 Å². The van der Waals surface area contributed by atoms with Crippen LogP contribution >= 0.6 is 0 Å². The lowest BCUT2D eigenvalue weighted by Crippen LogP contribution is -2.43. The molecule has 1 saturated carbocycles. The van der Waals surface area contributed by atoms with E-state index in [4.69, 9.17) is 5.11 Å². The first-order valence-corrected chi connectivity index (χ1v) is 9.62. The van der Waals surface area contributed by atoms with E-state index in [0.717, 1.165) is 25.9 Å². The van der Waals surface area contributed by atoms with Gasteiger partial charge in [0.25, 0.3) is 0 Å². The van der Waals surface area contributed by atoms with E-state index in [2.05, 4.69) is 5.32 Å². The summed E-state index contributed by atoms with van der Waals surface area (Å²) in [6, 6.07) is 3.08. The van der Waals surface area contributed by atoms with Gasteiger partial charge in [-0.1, -0.05) is 6.92 Å². The van der Waals surface area contributed by atoms with Crippen molar-refractivity contribution in [2.45, 2.75) is 32.2 Å². The fraction of sp³-hybridized carbons (Fsp3) is 0.450. The summed E-state index contributed by atoms with van der Waals surface area (Å²) in [7, 11) is 0. The van der Waals surface area contributed by atoms with E-state index >= 15 is 0 Å². The Morgan fingerprint density at radius 2 is 1.83 bits per heavy atom. The summed E-state index contributed by atoms with van der Waals surface area (Å²) in [5.41, 5.74) is 0.159. The molecule has 9 heteroatoms. The summed E-state index contributed by atoms with van der Waals surface area (Å²) in [5.74, 6) is -2.50. The number of aromatic nitrogens is 1. The second-order valence-corrected chi connectivity index (χ2v) is 7.12. The molecule has 1 aliphatic heterocycles.